The van der Waals surface area contributed by atoms with E-state index in [-0.39, 0.29) is 11.7 Å². The van der Waals surface area contributed by atoms with Crippen LogP contribution in [0.15, 0.2) is 24.3 Å². The van der Waals surface area contributed by atoms with Crippen molar-refractivity contribution >= 4 is 21.4 Å². The van der Waals surface area contributed by atoms with Crippen LogP contribution in [0.1, 0.15) is 6.92 Å². The molecule has 5 heteroatoms. The molecule has 2 N–H and O–H groups in total. The second-order valence-electron chi connectivity index (χ2n) is 4.01. The quantitative estimate of drug-likeness (QED) is 0.728. The van der Waals surface area contributed by atoms with Crippen LogP contribution in [-0.4, -0.2) is 20.7 Å². The van der Waals surface area contributed by atoms with E-state index in [0.29, 0.717) is 17.9 Å². The molecule has 0 amide bonds. The average molecular weight is 226 g/mol. The van der Waals surface area contributed by atoms with Gasteiger partial charge in [0.15, 0.2) is 0 Å². The molecule has 1 aromatic carbocycles. The Hall–Kier alpha value is -1.23. The van der Waals surface area contributed by atoms with Crippen LogP contribution >= 0.6 is 0 Å². The minimum Gasteiger partial charge on any atom is -0.399 e. The summed E-state index contributed by atoms with van der Waals surface area (Å²) in [5.74, 6) is 0.401. The molecule has 1 saturated heterocycles. The first-order valence-corrected chi connectivity index (χ1v) is 6.46. The van der Waals surface area contributed by atoms with Crippen molar-refractivity contribution in [2.45, 2.75) is 6.92 Å². The summed E-state index contributed by atoms with van der Waals surface area (Å²) in [7, 11) is -3.13. The third-order valence-electron chi connectivity index (χ3n) is 2.47. The van der Waals surface area contributed by atoms with Crippen LogP contribution in [0, 0.1) is 5.92 Å². The van der Waals surface area contributed by atoms with E-state index in [9.17, 15) is 8.42 Å². The van der Waals surface area contributed by atoms with E-state index < -0.39 is 10.0 Å². The second-order valence-corrected chi connectivity index (χ2v) is 5.95. The van der Waals surface area contributed by atoms with Gasteiger partial charge in [-0.15, -0.1) is 0 Å². The predicted molar refractivity (Wildman–Crippen MR) is 61.2 cm³/mol. The number of nitrogen functional groups attached to an aromatic ring is 1. The summed E-state index contributed by atoms with van der Waals surface area (Å²) < 4.78 is 25.0. The molecule has 0 bridgehead atoms. The number of benzene rings is 1. The van der Waals surface area contributed by atoms with Crippen LogP contribution in [0.2, 0.25) is 0 Å². The van der Waals surface area contributed by atoms with Crippen molar-refractivity contribution in [2.24, 2.45) is 5.92 Å². The first-order chi connectivity index (χ1) is 6.99. The third-order valence-corrected chi connectivity index (χ3v) is 4.49. The molecule has 1 aromatic rings. The summed E-state index contributed by atoms with van der Waals surface area (Å²) in [6, 6.07) is 6.97. The molecule has 0 radical (unpaired) electrons. The van der Waals surface area contributed by atoms with Crippen LogP contribution < -0.4 is 10.0 Å². The van der Waals surface area contributed by atoms with Gasteiger partial charge in [0.25, 0.3) is 0 Å². The normalized spacial score (nSPS) is 24.3. The van der Waals surface area contributed by atoms with Crippen LogP contribution in [0.4, 0.5) is 11.4 Å². The van der Waals surface area contributed by atoms with Crippen LogP contribution in [0.25, 0.3) is 0 Å². The molecule has 0 saturated carbocycles. The van der Waals surface area contributed by atoms with Gasteiger partial charge >= 0.3 is 0 Å². The number of hydrogen-bond donors (Lipinski definition) is 1. The first kappa shape index (κ1) is 10.3. The lowest BCUT2D eigenvalue weighted by molar-refractivity contribution is 0.598. The third kappa shape index (κ3) is 1.92. The molecule has 15 heavy (non-hydrogen) atoms. The minimum atomic E-state index is -3.13. The van der Waals surface area contributed by atoms with Crippen molar-refractivity contribution in [2.75, 3.05) is 22.3 Å². The van der Waals surface area contributed by atoms with Gasteiger partial charge in [0.05, 0.1) is 11.4 Å². The number of nitrogens with zero attached hydrogens (tertiary/aromatic N) is 1. The Labute approximate surface area is 89.7 Å². The lowest BCUT2D eigenvalue weighted by Gasteiger charge is -2.17. The Kier molecular flexibility index (Phi) is 2.34. The molecule has 1 heterocycles. The van der Waals surface area contributed by atoms with E-state index in [1.807, 2.05) is 6.92 Å². The summed E-state index contributed by atoms with van der Waals surface area (Å²) in [5.41, 5.74) is 6.88. The highest BCUT2D eigenvalue weighted by Gasteiger charge is 2.33. The predicted octanol–water partition coefficient (Wildman–Crippen LogP) is 1.05. The van der Waals surface area contributed by atoms with E-state index in [2.05, 4.69) is 0 Å². The smallest absolute Gasteiger partial charge is 0.235 e. The Bertz CT molecular complexity index is 470. The lowest BCUT2D eigenvalue weighted by atomic mass is 10.2. The zero-order valence-corrected chi connectivity index (χ0v) is 9.37. The van der Waals surface area contributed by atoms with Gasteiger partial charge in [-0.05, 0) is 24.1 Å². The molecule has 1 fully saturated rings. The Balaban J connectivity index is 2.40. The van der Waals surface area contributed by atoms with Crippen LogP contribution in [0.3, 0.4) is 0 Å². The van der Waals surface area contributed by atoms with E-state index in [0.717, 1.165) is 0 Å². The van der Waals surface area contributed by atoms with Crippen molar-refractivity contribution in [3.05, 3.63) is 24.3 Å². The zero-order valence-electron chi connectivity index (χ0n) is 8.55. The maximum absolute atomic E-state index is 11.8. The van der Waals surface area contributed by atoms with Crippen molar-refractivity contribution in [1.29, 1.82) is 0 Å². The summed E-state index contributed by atoms with van der Waals surface area (Å²) in [6.07, 6.45) is 0. The second kappa shape index (κ2) is 3.41. The maximum Gasteiger partial charge on any atom is 0.235 e. The maximum atomic E-state index is 11.8. The van der Waals surface area contributed by atoms with Gasteiger partial charge in [-0.2, -0.15) is 0 Å². The van der Waals surface area contributed by atoms with Crippen molar-refractivity contribution < 1.29 is 8.42 Å². The Morgan fingerprint density at radius 2 is 2.20 bits per heavy atom. The van der Waals surface area contributed by atoms with Crippen molar-refractivity contribution in [3.8, 4) is 0 Å². The minimum absolute atomic E-state index is 0.177. The molecular formula is C10H14N2O2S. The average Bonchev–Trinajstić information content (AvgIpc) is 2.39. The Morgan fingerprint density at radius 1 is 1.47 bits per heavy atom. The van der Waals surface area contributed by atoms with E-state index >= 15 is 0 Å². The number of nitrogens with two attached hydrogens (primary N) is 1. The Morgan fingerprint density at radius 3 is 2.73 bits per heavy atom. The van der Waals surface area contributed by atoms with Crippen molar-refractivity contribution in [3.63, 3.8) is 0 Å². The summed E-state index contributed by atoms with van der Waals surface area (Å²) in [6.45, 7) is 2.48. The molecule has 0 aromatic heterocycles. The van der Waals surface area contributed by atoms with Gasteiger partial charge in [-0.25, -0.2) is 8.42 Å². The highest BCUT2D eigenvalue weighted by molar-refractivity contribution is 7.93. The fourth-order valence-electron chi connectivity index (χ4n) is 1.84. The van der Waals surface area contributed by atoms with Crippen LogP contribution in [-0.2, 0) is 10.0 Å². The SMILES string of the molecule is CC1CN(c2cccc(N)c2)S(=O)(=O)C1. The molecule has 82 valence electrons. The van der Waals surface area contributed by atoms with Gasteiger partial charge < -0.3 is 5.73 Å². The number of anilines is 2. The molecule has 4 nitrogen and oxygen atoms in total. The molecule has 1 aliphatic heterocycles. The van der Waals surface area contributed by atoms with Crippen molar-refractivity contribution in [1.82, 2.24) is 0 Å². The molecule has 1 atom stereocenters. The lowest BCUT2D eigenvalue weighted by Crippen LogP contribution is -2.25. The van der Waals surface area contributed by atoms with Gasteiger partial charge in [-0.3, -0.25) is 4.31 Å². The van der Waals surface area contributed by atoms with Gasteiger partial charge in [0.1, 0.15) is 0 Å². The largest absolute Gasteiger partial charge is 0.399 e. The molecule has 1 unspecified atom stereocenters. The van der Waals surface area contributed by atoms with Gasteiger partial charge in [-0.1, -0.05) is 13.0 Å². The standard InChI is InChI=1S/C10H14N2O2S/c1-8-6-12(15(13,14)7-8)10-4-2-3-9(11)5-10/h2-5,8H,6-7,11H2,1H3. The fraction of sp³-hybridized carbons (Fsp3) is 0.400. The highest BCUT2D eigenvalue weighted by atomic mass is 32.2. The first-order valence-electron chi connectivity index (χ1n) is 4.85. The summed E-state index contributed by atoms with van der Waals surface area (Å²) in [5, 5.41) is 0. The molecule has 2 rings (SSSR count). The molecule has 1 aliphatic rings. The van der Waals surface area contributed by atoms with Gasteiger partial charge in [0, 0.05) is 12.2 Å². The number of hydrogen-bond acceptors (Lipinski definition) is 3. The molecule has 0 spiro atoms. The zero-order chi connectivity index (χ0) is 11.1. The molecule has 0 aliphatic carbocycles. The van der Waals surface area contributed by atoms with Crippen LogP contribution in [0.5, 0.6) is 0 Å². The van der Waals surface area contributed by atoms with E-state index in [1.165, 1.54) is 4.31 Å². The topological polar surface area (TPSA) is 63.4 Å². The highest BCUT2D eigenvalue weighted by Crippen LogP contribution is 2.27. The van der Waals surface area contributed by atoms with Gasteiger partial charge in [0.2, 0.25) is 10.0 Å². The fourth-order valence-corrected chi connectivity index (χ4v) is 3.77. The van der Waals surface area contributed by atoms with E-state index in [4.69, 9.17) is 5.73 Å². The number of rotatable bonds is 1. The number of sulfonamides is 1. The monoisotopic (exact) mass is 226 g/mol. The molecular weight excluding hydrogens is 212 g/mol. The summed E-state index contributed by atoms with van der Waals surface area (Å²) >= 11 is 0. The summed E-state index contributed by atoms with van der Waals surface area (Å²) in [4.78, 5) is 0. The van der Waals surface area contributed by atoms with E-state index in [1.54, 1.807) is 24.3 Å².